The molecule has 0 aliphatic rings. The van der Waals surface area contributed by atoms with Gasteiger partial charge in [-0.25, -0.2) is 0 Å². The van der Waals surface area contributed by atoms with E-state index in [4.69, 9.17) is 12.2 Å². The van der Waals surface area contributed by atoms with Crippen LogP contribution in [0.2, 0.25) is 0 Å². The fourth-order valence-electron chi connectivity index (χ4n) is 2.06. The minimum atomic E-state index is 0.537. The molecule has 0 aliphatic heterocycles. The second-order valence-corrected chi connectivity index (χ2v) is 5.36. The summed E-state index contributed by atoms with van der Waals surface area (Å²) in [4.78, 5) is 0. The molecule has 4 heteroatoms. The first-order valence-electron chi connectivity index (χ1n) is 6.51. The number of hydrogen-bond acceptors (Lipinski definition) is 2. The maximum Gasteiger partial charge on any atom is 0.189 e. The van der Waals surface area contributed by atoms with Gasteiger partial charge in [-0.15, -0.1) is 0 Å². The SMILES string of the molecule is Cc1cc(C)cc(NNC(=S)Nc2cccc(C)c2)c1. The van der Waals surface area contributed by atoms with Crippen LogP contribution in [0, 0.1) is 20.8 Å². The third kappa shape index (κ3) is 4.24. The van der Waals surface area contributed by atoms with Crippen molar-refractivity contribution in [2.24, 2.45) is 0 Å². The molecule has 0 atom stereocenters. The van der Waals surface area contributed by atoms with Gasteiger partial charge in [-0.2, -0.15) is 0 Å². The fraction of sp³-hybridized carbons (Fsp3) is 0.188. The Balaban J connectivity index is 1.92. The Morgan fingerprint density at radius 2 is 1.50 bits per heavy atom. The summed E-state index contributed by atoms with van der Waals surface area (Å²) in [6.45, 7) is 6.19. The Kier molecular flexibility index (Phi) is 4.58. The number of nitrogens with one attached hydrogen (secondary N) is 3. The van der Waals surface area contributed by atoms with Crippen LogP contribution < -0.4 is 16.2 Å². The van der Waals surface area contributed by atoms with Gasteiger partial charge in [0.1, 0.15) is 0 Å². The van der Waals surface area contributed by atoms with E-state index in [1.807, 2.05) is 18.2 Å². The monoisotopic (exact) mass is 285 g/mol. The zero-order valence-electron chi connectivity index (χ0n) is 11.9. The molecule has 2 aromatic carbocycles. The van der Waals surface area contributed by atoms with Crippen LogP contribution in [0.5, 0.6) is 0 Å². The highest BCUT2D eigenvalue weighted by Gasteiger charge is 1.99. The van der Waals surface area contributed by atoms with Crippen LogP contribution in [0.4, 0.5) is 11.4 Å². The van der Waals surface area contributed by atoms with Crippen molar-refractivity contribution in [1.82, 2.24) is 5.43 Å². The lowest BCUT2D eigenvalue weighted by Crippen LogP contribution is -2.33. The summed E-state index contributed by atoms with van der Waals surface area (Å²) in [7, 11) is 0. The molecule has 3 nitrogen and oxygen atoms in total. The predicted octanol–water partition coefficient (Wildman–Crippen LogP) is 3.93. The van der Waals surface area contributed by atoms with Gasteiger partial charge >= 0.3 is 0 Å². The van der Waals surface area contributed by atoms with E-state index in [2.05, 4.69) is 61.2 Å². The maximum atomic E-state index is 5.26. The lowest BCUT2D eigenvalue weighted by Gasteiger charge is -2.13. The summed E-state index contributed by atoms with van der Waals surface area (Å²) in [6.07, 6.45) is 0. The number of anilines is 2. The first-order valence-corrected chi connectivity index (χ1v) is 6.92. The molecule has 0 aliphatic carbocycles. The number of aryl methyl sites for hydroxylation is 3. The van der Waals surface area contributed by atoms with Crippen molar-refractivity contribution in [1.29, 1.82) is 0 Å². The van der Waals surface area contributed by atoms with Crippen LogP contribution in [0.3, 0.4) is 0 Å². The molecule has 0 unspecified atom stereocenters. The van der Waals surface area contributed by atoms with Crippen molar-refractivity contribution in [3.63, 3.8) is 0 Å². The third-order valence-electron chi connectivity index (χ3n) is 2.82. The van der Waals surface area contributed by atoms with Gasteiger partial charge in [0.05, 0.1) is 5.69 Å². The van der Waals surface area contributed by atoms with Gasteiger partial charge in [0.25, 0.3) is 0 Å². The summed E-state index contributed by atoms with van der Waals surface area (Å²) < 4.78 is 0. The summed E-state index contributed by atoms with van der Waals surface area (Å²) in [5.41, 5.74) is 11.7. The molecular weight excluding hydrogens is 266 g/mol. The maximum absolute atomic E-state index is 5.26. The molecule has 104 valence electrons. The highest BCUT2D eigenvalue weighted by atomic mass is 32.1. The van der Waals surface area contributed by atoms with Crippen LogP contribution in [0.15, 0.2) is 42.5 Å². The first-order chi connectivity index (χ1) is 9.52. The Bertz CT molecular complexity index is 603. The Morgan fingerprint density at radius 3 is 2.15 bits per heavy atom. The van der Waals surface area contributed by atoms with Gasteiger partial charge in [0, 0.05) is 5.69 Å². The summed E-state index contributed by atoms with van der Waals surface area (Å²) >= 11 is 5.26. The van der Waals surface area contributed by atoms with E-state index in [1.165, 1.54) is 16.7 Å². The van der Waals surface area contributed by atoms with Gasteiger partial charge in [-0.3, -0.25) is 10.9 Å². The largest absolute Gasteiger partial charge is 0.331 e. The van der Waals surface area contributed by atoms with E-state index in [-0.39, 0.29) is 0 Å². The quantitative estimate of drug-likeness (QED) is 0.590. The van der Waals surface area contributed by atoms with Gasteiger partial charge in [-0.05, 0) is 73.9 Å². The molecule has 0 fully saturated rings. The highest BCUT2D eigenvalue weighted by Crippen LogP contribution is 2.13. The number of benzene rings is 2. The zero-order valence-corrected chi connectivity index (χ0v) is 12.8. The normalized spacial score (nSPS) is 9.95. The zero-order chi connectivity index (χ0) is 14.5. The van der Waals surface area contributed by atoms with E-state index >= 15 is 0 Å². The van der Waals surface area contributed by atoms with Crippen LogP contribution in [0.1, 0.15) is 16.7 Å². The molecule has 2 rings (SSSR count). The summed E-state index contributed by atoms with van der Waals surface area (Å²) in [5.74, 6) is 0. The lowest BCUT2D eigenvalue weighted by atomic mass is 10.1. The van der Waals surface area contributed by atoms with Crippen molar-refractivity contribution in [3.05, 3.63) is 59.2 Å². The molecular formula is C16H19N3S. The van der Waals surface area contributed by atoms with Crippen LogP contribution in [0.25, 0.3) is 0 Å². The number of hydrogen-bond donors (Lipinski definition) is 3. The molecule has 0 radical (unpaired) electrons. The number of hydrazine groups is 1. The van der Waals surface area contributed by atoms with Crippen LogP contribution in [-0.4, -0.2) is 5.11 Å². The minimum absolute atomic E-state index is 0.537. The first kappa shape index (κ1) is 14.3. The van der Waals surface area contributed by atoms with E-state index < -0.39 is 0 Å². The van der Waals surface area contributed by atoms with Crippen molar-refractivity contribution in [3.8, 4) is 0 Å². The average molecular weight is 285 g/mol. The molecule has 2 aromatic rings. The topological polar surface area (TPSA) is 36.1 Å². The number of rotatable bonds is 3. The van der Waals surface area contributed by atoms with Gasteiger partial charge in [0.15, 0.2) is 5.11 Å². The van der Waals surface area contributed by atoms with Gasteiger partial charge in [0.2, 0.25) is 0 Å². The molecule has 0 bridgehead atoms. The van der Waals surface area contributed by atoms with Gasteiger partial charge < -0.3 is 5.32 Å². The van der Waals surface area contributed by atoms with Crippen LogP contribution >= 0.6 is 12.2 Å². The smallest absolute Gasteiger partial charge is 0.189 e. The molecule has 0 aromatic heterocycles. The molecule has 0 saturated heterocycles. The van der Waals surface area contributed by atoms with Crippen molar-refractivity contribution in [2.45, 2.75) is 20.8 Å². The summed E-state index contributed by atoms with van der Waals surface area (Å²) in [6, 6.07) is 14.3. The lowest BCUT2D eigenvalue weighted by molar-refractivity contribution is 1.13. The van der Waals surface area contributed by atoms with E-state index in [0.29, 0.717) is 5.11 Å². The van der Waals surface area contributed by atoms with E-state index in [1.54, 1.807) is 0 Å². The minimum Gasteiger partial charge on any atom is -0.331 e. The fourth-order valence-corrected chi connectivity index (χ4v) is 2.23. The highest BCUT2D eigenvalue weighted by molar-refractivity contribution is 7.80. The van der Waals surface area contributed by atoms with Crippen molar-refractivity contribution >= 4 is 28.7 Å². The number of thiocarbonyl (C=S) groups is 1. The Labute approximate surface area is 125 Å². The Hall–Kier alpha value is -2.07. The Morgan fingerprint density at radius 1 is 0.850 bits per heavy atom. The second kappa shape index (κ2) is 6.39. The molecule has 0 spiro atoms. The second-order valence-electron chi connectivity index (χ2n) is 4.95. The van der Waals surface area contributed by atoms with Gasteiger partial charge in [-0.1, -0.05) is 18.2 Å². The molecule has 20 heavy (non-hydrogen) atoms. The molecule has 0 amide bonds. The van der Waals surface area contributed by atoms with Crippen molar-refractivity contribution < 1.29 is 0 Å². The van der Waals surface area contributed by atoms with Crippen LogP contribution in [-0.2, 0) is 0 Å². The molecule has 3 N–H and O–H groups in total. The molecule has 0 saturated carbocycles. The van der Waals surface area contributed by atoms with E-state index in [0.717, 1.165) is 11.4 Å². The average Bonchev–Trinajstić information content (AvgIpc) is 2.35. The third-order valence-corrected chi connectivity index (χ3v) is 3.02. The van der Waals surface area contributed by atoms with Crippen molar-refractivity contribution in [2.75, 3.05) is 10.7 Å². The van der Waals surface area contributed by atoms with E-state index in [9.17, 15) is 0 Å². The predicted molar refractivity (Wildman–Crippen MR) is 90.1 cm³/mol. The molecule has 0 heterocycles. The summed E-state index contributed by atoms with van der Waals surface area (Å²) in [5, 5.41) is 3.68. The standard InChI is InChI=1S/C16H19N3S/c1-11-5-4-6-14(8-11)17-16(20)19-18-15-9-12(2)7-13(3)10-15/h4-10,18H,1-3H3,(H2,17,19,20).